The molecule has 0 saturated heterocycles. The number of unbranched alkanes of at least 4 members (excludes halogenated alkanes) is 2. The van der Waals surface area contributed by atoms with Crippen molar-refractivity contribution in [2.75, 3.05) is 0 Å². The van der Waals surface area contributed by atoms with Crippen LogP contribution in [0.4, 0.5) is 0 Å². The fraction of sp³-hybridized carbons (Fsp3) is 0.800. The van der Waals surface area contributed by atoms with Gasteiger partial charge >= 0.3 is 0 Å². The van der Waals surface area contributed by atoms with Crippen molar-refractivity contribution in [3.8, 4) is 22.9 Å². The predicted molar refractivity (Wildman–Crippen MR) is 99.7 cm³/mol. The van der Waals surface area contributed by atoms with Gasteiger partial charge in [-0.2, -0.15) is 0 Å². The summed E-state index contributed by atoms with van der Waals surface area (Å²) < 4.78 is 0. The van der Waals surface area contributed by atoms with E-state index in [-0.39, 0.29) is 0 Å². The minimum atomic E-state index is -1.91. The molecule has 0 aliphatic carbocycles. The van der Waals surface area contributed by atoms with Crippen LogP contribution in [-0.4, -0.2) is 8.07 Å². The molecule has 0 bridgehead atoms. The van der Waals surface area contributed by atoms with Crippen LogP contribution in [0.2, 0.25) is 11.1 Å². The summed E-state index contributed by atoms with van der Waals surface area (Å²) in [6.07, 6.45) is 6.73. The normalized spacial score (nSPS) is 11.6. The highest BCUT2D eigenvalue weighted by Gasteiger charge is 2.47. The van der Waals surface area contributed by atoms with Crippen molar-refractivity contribution >= 4 is 8.07 Å². The van der Waals surface area contributed by atoms with E-state index in [0.717, 1.165) is 25.7 Å². The van der Waals surface area contributed by atoms with Gasteiger partial charge in [-0.15, -0.1) is 22.9 Å². The Balaban J connectivity index is 5.86. The molecule has 0 aromatic carbocycles. The van der Waals surface area contributed by atoms with E-state index in [0.29, 0.717) is 11.0 Å². The van der Waals surface area contributed by atoms with Crippen molar-refractivity contribution < 1.29 is 0 Å². The molecule has 0 rings (SSSR count). The van der Waals surface area contributed by atoms with Crippen molar-refractivity contribution in [1.82, 2.24) is 0 Å². The summed E-state index contributed by atoms with van der Waals surface area (Å²) in [5.74, 6) is 7.67. The number of rotatable bonds is 7. The molecule has 0 spiro atoms. The van der Waals surface area contributed by atoms with Crippen LogP contribution >= 0.6 is 0 Å². The lowest BCUT2D eigenvalue weighted by atomic mass is 10.1. The van der Waals surface area contributed by atoms with Gasteiger partial charge in [-0.3, -0.25) is 0 Å². The Morgan fingerprint density at radius 1 is 0.857 bits per heavy atom. The molecule has 0 aliphatic rings. The van der Waals surface area contributed by atoms with Crippen LogP contribution in [0, 0.1) is 28.8 Å². The summed E-state index contributed by atoms with van der Waals surface area (Å²) in [5.41, 5.74) is 7.56. The minimum Gasteiger partial charge on any atom is -0.115 e. The lowest BCUT2D eigenvalue weighted by molar-refractivity contribution is 0.538. The molecule has 0 aliphatic heterocycles. The Hall–Kier alpha value is -0.663. The topological polar surface area (TPSA) is 0 Å². The summed E-state index contributed by atoms with van der Waals surface area (Å²) in [4.78, 5) is 0. The van der Waals surface area contributed by atoms with Gasteiger partial charge in [-0.05, 0) is 29.8 Å². The van der Waals surface area contributed by atoms with Crippen molar-refractivity contribution in [3.63, 3.8) is 0 Å². The molecular weight excluding hydrogens is 268 g/mol. The zero-order valence-corrected chi connectivity index (χ0v) is 16.5. The molecule has 0 radical (unpaired) electrons. The van der Waals surface area contributed by atoms with E-state index in [1.165, 1.54) is 18.9 Å². The van der Waals surface area contributed by atoms with Gasteiger partial charge in [-0.25, -0.2) is 0 Å². The summed E-state index contributed by atoms with van der Waals surface area (Å²) in [6, 6.07) is 1.22. The first-order valence-electron chi connectivity index (χ1n) is 8.91. The van der Waals surface area contributed by atoms with E-state index >= 15 is 0 Å². The molecule has 0 atom stereocenters. The van der Waals surface area contributed by atoms with Crippen LogP contribution in [0.1, 0.15) is 87.0 Å². The smallest absolute Gasteiger partial charge is 0.115 e. The Morgan fingerprint density at radius 3 is 1.57 bits per heavy atom. The second kappa shape index (κ2) is 10.1. The Bertz CT molecular complexity index is 369. The van der Waals surface area contributed by atoms with Crippen molar-refractivity contribution in [2.45, 2.75) is 98.1 Å². The van der Waals surface area contributed by atoms with Crippen LogP contribution in [0.3, 0.4) is 0 Å². The third-order valence-electron chi connectivity index (χ3n) is 4.66. The Kier molecular flexibility index (Phi) is 9.81. The van der Waals surface area contributed by atoms with Crippen LogP contribution in [-0.2, 0) is 0 Å². The molecule has 0 aromatic rings. The molecule has 0 unspecified atom stereocenters. The van der Waals surface area contributed by atoms with Crippen molar-refractivity contribution in [1.29, 1.82) is 0 Å². The lowest BCUT2D eigenvalue weighted by Gasteiger charge is -2.40. The van der Waals surface area contributed by atoms with Crippen LogP contribution in [0.15, 0.2) is 0 Å². The minimum absolute atomic E-state index is 0.318. The van der Waals surface area contributed by atoms with E-state index in [1.54, 1.807) is 0 Å². The molecule has 0 amide bonds. The highest BCUT2D eigenvalue weighted by molar-refractivity contribution is 6.96. The first-order chi connectivity index (χ1) is 9.91. The standard InChI is InChI=1S/C20H36Si/c1-8-12-14-16-21(18-19(5)6,17-15-13-9-2)20(7,10-3)11-4/h19H,8-13,18H2,1-7H3. The SMILES string of the molecule is CCCC#C[Si](C#CCCC)(CC(C)C)C(C)(CC)CC. The second-order valence-electron chi connectivity index (χ2n) is 6.87. The van der Waals surface area contributed by atoms with Gasteiger partial charge in [0.15, 0.2) is 0 Å². The highest BCUT2D eigenvalue weighted by atomic mass is 28.3. The average Bonchev–Trinajstić information content (AvgIpc) is 2.46. The summed E-state index contributed by atoms with van der Waals surface area (Å²) in [6.45, 7) is 16.2. The summed E-state index contributed by atoms with van der Waals surface area (Å²) in [5, 5.41) is 0.318. The Labute approximate surface area is 135 Å². The van der Waals surface area contributed by atoms with E-state index in [4.69, 9.17) is 0 Å². The van der Waals surface area contributed by atoms with Crippen LogP contribution in [0.25, 0.3) is 0 Å². The maximum atomic E-state index is 3.78. The van der Waals surface area contributed by atoms with Gasteiger partial charge in [0.2, 0.25) is 8.07 Å². The van der Waals surface area contributed by atoms with Crippen LogP contribution in [0.5, 0.6) is 0 Å². The molecule has 0 saturated carbocycles. The van der Waals surface area contributed by atoms with Crippen molar-refractivity contribution in [2.24, 2.45) is 5.92 Å². The van der Waals surface area contributed by atoms with Gasteiger partial charge in [0.1, 0.15) is 0 Å². The van der Waals surface area contributed by atoms with Gasteiger partial charge < -0.3 is 0 Å². The van der Waals surface area contributed by atoms with E-state index in [9.17, 15) is 0 Å². The lowest BCUT2D eigenvalue weighted by Crippen LogP contribution is -2.46. The molecular formula is C20H36Si. The molecule has 0 fully saturated rings. The summed E-state index contributed by atoms with van der Waals surface area (Å²) >= 11 is 0. The monoisotopic (exact) mass is 304 g/mol. The fourth-order valence-electron chi connectivity index (χ4n) is 2.82. The maximum absolute atomic E-state index is 3.78. The first kappa shape index (κ1) is 20.3. The maximum Gasteiger partial charge on any atom is 0.222 e. The molecule has 1 heteroatoms. The Morgan fingerprint density at radius 2 is 1.29 bits per heavy atom. The first-order valence-corrected chi connectivity index (χ1v) is 11.1. The quantitative estimate of drug-likeness (QED) is 0.379. The van der Waals surface area contributed by atoms with Gasteiger partial charge in [0.05, 0.1) is 0 Å². The zero-order valence-electron chi connectivity index (χ0n) is 15.5. The molecule has 0 nitrogen and oxygen atoms in total. The highest BCUT2D eigenvalue weighted by Crippen LogP contribution is 2.46. The number of hydrogen-bond donors (Lipinski definition) is 0. The largest absolute Gasteiger partial charge is 0.222 e. The number of hydrogen-bond acceptors (Lipinski definition) is 0. The molecule has 0 heterocycles. The van der Waals surface area contributed by atoms with E-state index < -0.39 is 8.07 Å². The van der Waals surface area contributed by atoms with Crippen LogP contribution < -0.4 is 0 Å². The average molecular weight is 305 g/mol. The second-order valence-corrected chi connectivity index (χ2v) is 10.8. The zero-order chi connectivity index (χ0) is 16.4. The van der Waals surface area contributed by atoms with Gasteiger partial charge in [-0.1, -0.05) is 61.3 Å². The predicted octanol–water partition coefficient (Wildman–Crippen LogP) is 6.36. The fourth-order valence-corrected chi connectivity index (χ4v) is 7.47. The molecule has 0 N–H and O–H groups in total. The molecule has 21 heavy (non-hydrogen) atoms. The third-order valence-corrected chi connectivity index (χ3v) is 10.1. The van der Waals surface area contributed by atoms with E-state index in [1.807, 2.05) is 0 Å². The van der Waals surface area contributed by atoms with Gasteiger partial charge in [0, 0.05) is 12.8 Å². The van der Waals surface area contributed by atoms with Crippen molar-refractivity contribution in [3.05, 3.63) is 0 Å². The molecule has 120 valence electrons. The summed E-state index contributed by atoms with van der Waals surface area (Å²) in [7, 11) is -1.91. The van der Waals surface area contributed by atoms with E-state index in [2.05, 4.69) is 71.4 Å². The van der Waals surface area contributed by atoms with Gasteiger partial charge in [0.25, 0.3) is 0 Å². The molecule has 0 aromatic heterocycles. The third kappa shape index (κ3) is 5.92.